The number of aromatic hydroxyl groups is 1. The summed E-state index contributed by atoms with van der Waals surface area (Å²) >= 11 is 0. The van der Waals surface area contributed by atoms with Gasteiger partial charge in [0.25, 0.3) is 0 Å². The molecule has 0 spiro atoms. The highest BCUT2D eigenvalue weighted by Crippen LogP contribution is 2.18. The van der Waals surface area contributed by atoms with Crippen LogP contribution in [0.3, 0.4) is 0 Å². The van der Waals surface area contributed by atoms with Crippen LogP contribution in [0.4, 0.5) is 14.5 Å². The molecule has 2 aromatic rings. The van der Waals surface area contributed by atoms with Gasteiger partial charge in [0.2, 0.25) is 0 Å². The van der Waals surface area contributed by atoms with Crippen LogP contribution in [0.25, 0.3) is 0 Å². The van der Waals surface area contributed by atoms with Crippen LogP contribution in [-0.4, -0.2) is 16.7 Å². The number of aromatic nitrogens is 1. The van der Waals surface area contributed by atoms with Crippen molar-refractivity contribution in [1.82, 2.24) is 4.98 Å². The minimum atomic E-state index is -2.82. The molecule has 0 amide bonds. The zero-order chi connectivity index (χ0) is 13.7. The van der Waals surface area contributed by atoms with Crippen molar-refractivity contribution in [2.45, 2.75) is 13.2 Å². The zero-order valence-corrected chi connectivity index (χ0v) is 9.88. The van der Waals surface area contributed by atoms with Crippen LogP contribution >= 0.6 is 0 Å². The first kappa shape index (κ1) is 13.1. The Morgan fingerprint density at radius 2 is 1.89 bits per heavy atom. The lowest BCUT2D eigenvalue weighted by Gasteiger charge is -2.08. The summed E-state index contributed by atoms with van der Waals surface area (Å²) < 4.78 is 28.2. The van der Waals surface area contributed by atoms with Gasteiger partial charge >= 0.3 is 6.61 Å². The van der Waals surface area contributed by atoms with Gasteiger partial charge in [-0.25, -0.2) is 0 Å². The Kier molecular flexibility index (Phi) is 4.12. The summed E-state index contributed by atoms with van der Waals surface area (Å²) in [7, 11) is 0. The molecule has 6 heteroatoms. The third kappa shape index (κ3) is 4.09. The number of ether oxygens (including phenoxy) is 1. The van der Waals surface area contributed by atoms with Crippen molar-refractivity contribution in [2.24, 2.45) is 0 Å². The second kappa shape index (κ2) is 5.99. The van der Waals surface area contributed by atoms with E-state index in [2.05, 4.69) is 15.0 Å². The van der Waals surface area contributed by atoms with Gasteiger partial charge in [-0.15, -0.1) is 0 Å². The maximum absolute atomic E-state index is 12.0. The summed E-state index contributed by atoms with van der Waals surface area (Å²) in [6, 6.07) is 9.42. The van der Waals surface area contributed by atoms with Crippen molar-refractivity contribution in [3.8, 4) is 11.5 Å². The predicted octanol–water partition coefficient (Wildman–Crippen LogP) is 3.00. The Hall–Kier alpha value is -2.37. The molecule has 0 saturated heterocycles. The van der Waals surface area contributed by atoms with Crippen LogP contribution in [0, 0.1) is 0 Å². The topological polar surface area (TPSA) is 54.4 Å². The summed E-state index contributed by atoms with van der Waals surface area (Å²) in [6.07, 6.45) is 1.36. The standard InChI is InChI=1S/C13H12F2N2O2/c14-13(15)19-12-5-2-9(3-6-12)16-7-10-1-4-11(18)8-17-10/h1-6,8,13,16,18H,7H2. The van der Waals surface area contributed by atoms with E-state index in [-0.39, 0.29) is 11.5 Å². The van der Waals surface area contributed by atoms with Crippen molar-refractivity contribution in [3.05, 3.63) is 48.3 Å². The lowest BCUT2D eigenvalue weighted by Crippen LogP contribution is -2.03. The minimum absolute atomic E-state index is 0.109. The fourth-order valence-electron chi connectivity index (χ4n) is 1.47. The Morgan fingerprint density at radius 1 is 1.16 bits per heavy atom. The molecule has 0 bridgehead atoms. The molecule has 0 aliphatic heterocycles. The molecule has 0 fully saturated rings. The SMILES string of the molecule is Oc1ccc(CNc2ccc(OC(F)F)cc2)nc1. The average molecular weight is 266 g/mol. The summed E-state index contributed by atoms with van der Waals surface area (Å²) in [6.45, 7) is -2.35. The van der Waals surface area contributed by atoms with E-state index in [9.17, 15) is 8.78 Å². The molecule has 1 heterocycles. The molecule has 0 saturated carbocycles. The van der Waals surface area contributed by atoms with E-state index in [0.29, 0.717) is 6.54 Å². The molecule has 0 aliphatic rings. The predicted molar refractivity (Wildman–Crippen MR) is 66.3 cm³/mol. The monoisotopic (exact) mass is 266 g/mol. The Balaban J connectivity index is 1.91. The van der Waals surface area contributed by atoms with Gasteiger partial charge in [0.05, 0.1) is 18.4 Å². The largest absolute Gasteiger partial charge is 0.506 e. The van der Waals surface area contributed by atoms with Gasteiger partial charge in [-0.2, -0.15) is 8.78 Å². The lowest BCUT2D eigenvalue weighted by molar-refractivity contribution is -0.0498. The van der Waals surface area contributed by atoms with Crippen molar-refractivity contribution >= 4 is 5.69 Å². The van der Waals surface area contributed by atoms with Gasteiger partial charge in [0, 0.05) is 5.69 Å². The van der Waals surface area contributed by atoms with E-state index in [1.165, 1.54) is 18.3 Å². The highest BCUT2D eigenvalue weighted by Gasteiger charge is 2.03. The van der Waals surface area contributed by atoms with E-state index in [1.807, 2.05) is 0 Å². The van der Waals surface area contributed by atoms with Crippen LogP contribution in [0.5, 0.6) is 11.5 Å². The van der Waals surface area contributed by atoms with Crippen LogP contribution in [-0.2, 0) is 6.54 Å². The molecular formula is C13H12F2N2O2. The lowest BCUT2D eigenvalue weighted by atomic mass is 10.3. The van der Waals surface area contributed by atoms with Crippen LogP contribution in [0.15, 0.2) is 42.6 Å². The van der Waals surface area contributed by atoms with Crippen LogP contribution in [0.1, 0.15) is 5.69 Å². The van der Waals surface area contributed by atoms with Crippen molar-refractivity contribution < 1.29 is 18.6 Å². The number of halogens is 2. The number of benzene rings is 1. The van der Waals surface area contributed by atoms with Crippen LogP contribution in [0.2, 0.25) is 0 Å². The fraction of sp³-hybridized carbons (Fsp3) is 0.154. The third-order valence-corrected chi connectivity index (χ3v) is 2.36. The Morgan fingerprint density at radius 3 is 2.47 bits per heavy atom. The molecule has 19 heavy (non-hydrogen) atoms. The van der Waals surface area contributed by atoms with Gasteiger partial charge in [-0.1, -0.05) is 0 Å². The summed E-state index contributed by atoms with van der Waals surface area (Å²) in [5, 5.41) is 12.2. The second-order valence-corrected chi connectivity index (χ2v) is 3.76. The molecule has 0 radical (unpaired) electrons. The summed E-state index contributed by atoms with van der Waals surface area (Å²) in [5.41, 5.74) is 1.52. The van der Waals surface area contributed by atoms with Gasteiger partial charge in [-0.05, 0) is 36.4 Å². The van der Waals surface area contributed by atoms with E-state index in [0.717, 1.165) is 11.4 Å². The van der Waals surface area contributed by atoms with Gasteiger partial charge in [0.15, 0.2) is 0 Å². The van der Waals surface area contributed by atoms with E-state index in [1.54, 1.807) is 24.3 Å². The van der Waals surface area contributed by atoms with Crippen molar-refractivity contribution in [1.29, 1.82) is 0 Å². The van der Waals surface area contributed by atoms with Gasteiger partial charge in [-0.3, -0.25) is 4.98 Å². The number of nitrogens with zero attached hydrogens (tertiary/aromatic N) is 1. The maximum atomic E-state index is 12.0. The number of hydrogen-bond donors (Lipinski definition) is 2. The minimum Gasteiger partial charge on any atom is -0.506 e. The first-order chi connectivity index (χ1) is 9.13. The number of anilines is 1. The fourth-order valence-corrected chi connectivity index (χ4v) is 1.47. The quantitative estimate of drug-likeness (QED) is 0.873. The summed E-state index contributed by atoms with van der Waals surface area (Å²) in [4.78, 5) is 4.01. The van der Waals surface area contributed by atoms with Gasteiger partial charge < -0.3 is 15.2 Å². The summed E-state index contributed by atoms with van der Waals surface area (Å²) in [5.74, 6) is 0.223. The highest BCUT2D eigenvalue weighted by molar-refractivity contribution is 5.46. The number of alkyl halides is 2. The second-order valence-electron chi connectivity index (χ2n) is 3.76. The van der Waals surface area contributed by atoms with Crippen LogP contribution < -0.4 is 10.1 Å². The van der Waals surface area contributed by atoms with E-state index < -0.39 is 6.61 Å². The zero-order valence-electron chi connectivity index (χ0n) is 9.88. The van der Waals surface area contributed by atoms with E-state index in [4.69, 9.17) is 5.11 Å². The molecule has 0 unspecified atom stereocenters. The van der Waals surface area contributed by atoms with Gasteiger partial charge in [0.1, 0.15) is 11.5 Å². The average Bonchev–Trinajstić information content (AvgIpc) is 2.39. The highest BCUT2D eigenvalue weighted by atomic mass is 19.3. The molecule has 1 aromatic heterocycles. The number of nitrogens with one attached hydrogen (secondary N) is 1. The Bertz CT molecular complexity index is 515. The molecule has 100 valence electrons. The molecule has 0 atom stereocenters. The molecule has 2 N–H and O–H groups in total. The molecule has 4 nitrogen and oxygen atoms in total. The number of pyridine rings is 1. The Labute approximate surface area is 108 Å². The molecule has 1 aromatic carbocycles. The maximum Gasteiger partial charge on any atom is 0.387 e. The molecular weight excluding hydrogens is 254 g/mol. The smallest absolute Gasteiger partial charge is 0.387 e. The molecule has 2 rings (SSSR count). The van der Waals surface area contributed by atoms with Crippen molar-refractivity contribution in [3.63, 3.8) is 0 Å². The normalized spacial score (nSPS) is 10.5. The number of hydrogen-bond acceptors (Lipinski definition) is 4. The van der Waals surface area contributed by atoms with Crippen molar-refractivity contribution in [2.75, 3.05) is 5.32 Å². The number of rotatable bonds is 5. The first-order valence-electron chi connectivity index (χ1n) is 5.56. The first-order valence-corrected chi connectivity index (χ1v) is 5.56. The third-order valence-electron chi connectivity index (χ3n) is 2.36. The molecule has 0 aliphatic carbocycles. The van der Waals surface area contributed by atoms with E-state index >= 15 is 0 Å².